The number of hydrogen-bond acceptors (Lipinski definition) is 3. The highest BCUT2D eigenvalue weighted by Gasteiger charge is 2.22. The van der Waals surface area contributed by atoms with Crippen molar-refractivity contribution in [2.24, 2.45) is 0 Å². The molecular formula is C17H21N3O2. The maximum atomic E-state index is 12.4. The van der Waals surface area contributed by atoms with Crippen LogP contribution in [0.25, 0.3) is 0 Å². The van der Waals surface area contributed by atoms with Crippen molar-refractivity contribution in [2.75, 3.05) is 6.61 Å². The van der Waals surface area contributed by atoms with E-state index in [9.17, 15) is 4.79 Å². The maximum absolute atomic E-state index is 12.4. The van der Waals surface area contributed by atoms with Crippen molar-refractivity contribution in [3.8, 4) is 5.88 Å². The summed E-state index contributed by atoms with van der Waals surface area (Å²) in [5.74, 6) is 0.489. The predicted octanol–water partition coefficient (Wildman–Crippen LogP) is 2.42. The third-order valence-electron chi connectivity index (χ3n) is 3.88. The third kappa shape index (κ3) is 3.30. The smallest absolute Gasteiger partial charge is 0.258 e. The number of carbonyl (C=O) groups is 1. The van der Waals surface area contributed by atoms with Crippen molar-refractivity contribution in [1.29, 1.82) is 0 Å². The molecule has 5 heteroatoms. The molecule has 5 nitrogen and oxygen atoms in total. The van der Waals surface area contributed by atoms with Gasteiger partial charge in [-0.1, -0.05) is 30.3 Å². The van der Waals surface area contributed by atoms with Gasteiger partial charge in [0.05, 0.1) is 12.8 Å². The van der Waals surface area contributed by atoms with Crippen LogP contribution in [-0.2, 0) is 13.0 Å². The van der Waals surface area contributed by atoms with E-state index in [-0.39, 0.29) is 11.9 Å². The molecule has 2 aromatic rings. The number of ether oxygens (including phenoxy) is 1. The van der Waals surface area contributed by atoms with E-state index in [4.69, 9.17) is 4.74 Å². The second kappa shape index (κ2) is 6.64. The Hall–Kier alpha value is -2.30. The van der Waals surface area contributed by atoms with Crippen LogP contribution in [0, 0.1) is 0 Å². The van der Waals surface area contributed by atoms with E-state index in [1.54, 1.807) is 10.9 Å². The predicted molar refractivity (Wildman–Crippen MR) is 84.0 cm³/mol. The summed E-state index contributed by atoms with van der Waals surface area (Å²) in [6, 6.07) is 10.4. The number of hydrogen-bond donors (Lipinski definition) is 1. The molecule has 0 saturated carbocycles. The van der Waals surface area contributed by atoms with Gasteiger partial charge in [-0.3, -0.25) is 4.79 Å². The van der Waals surface area contributed by atoms with Gasteiger partial charge in [0, 0.05) is 19.0 Å². The molecule has 2 heterocycles. The second-order valence-corrected chi connectivity index (χ2v) is 5.69. The van der Waals surface area contributed by atoms with Crippen LogP contribution in [0.2, 0.25) is 0 Å². The molecule has 1 aromatic heterocycles. The van der Waals surface area contributed by atoms with Gasteiger partial charge in [0.1, 0.15) is 5.56 Å². The van der Waals surface area contributed by atoms with Crippen LogP contribution in [0.3, 0.4) is 0 Å². The molecule has 0 bridgehead atoms. The zero-order valence-electron chi connectivity index (χ0n) is 12.8. The van der Waals surface area contributed by atoms with Crippen LogP contribution >= 0.6 is 0 Å². The number of aromatic nitrogens is 2. The van der Waals surface area contributed by atoms with Crippen LogP contribution in [-0.4, -0.2) is 28.3 Å². The molecule has 0 aliphatic carbocycles. The van der Waals surface area contributed by atoms with Gasteiger partial charge in [-0.05, 0) is 25.3 Å². The SMILES string of the molecule is CC(CCc1ccccc1)NC(=O)c1cnn2c1OCCC2. The van der Waals surface area contributed by atoms with Crippen molar-refractivity contribution in [3.63, 3.8) is 0 Å². The lowest BCUT2D eigenvalue weighted by Gasteiger charge is -2.17. The van der Waals surface area contributed by atoms with Gasteiger partial charge in [-0.15, -0.1) is 0 Å². The lowest BCUT2D eigenvalue weighted by Crippen LogP contribution is -2.33. The average molecular weight is 299 g/mol. The first-order valence-corrected chi connectivity index (χ1v) is 7.77. The Kier molecular flexibility index (Phi) is 4.42. The molecule has 1 aliphatic heterocycles. The van der Waals surface area contributed by atoms with E-state index in [0.717, 1.165) is 25.8 Å². The number of amides is 1. The quantitative estimate of drug-likeness (QED) is 0.922. The van der Waals surface area contributed by atoms with Gasteiger partial charge in [0.2, 0.25) is 5.88 Å². The van der Waals surface area contributed by atoms with Crippen LogP contribution in [0.1, 0.15) is 35.7 Å². The molecule has 1 aromatic carbocycles. The minimum atomic E-state index is -0.108. The highest BCUT2D eigenvalue weighted by molar-refractivity contribution is 5.96. The molecule has 1 aliphatic rings. The fourth-order valence-electron chi connectivity index (χ4n) is 2.63. The summed E-state index contributed by atoms with van der Waals surface area (Å²) in [6.45, 7) is 3.49. The standard InChI is InChI=1S/C17H21N3O2/c1-13(8-9-14-6-3-2-4-7-14)19-16(21)15-12-18-20-10-5-11-22-17(15)20/h2-4,6-7,12-13H,5,8-11H2,1H3,(H,19,21). The summed E-state index contributed by atoms with van der Waals surface area (Å²) in [4.78, 5) is 12.4. The number of carbonyl (C=O) groups excluding carboxylic acids is 1. The topological polar surface area (TPSA) is 56.2 Å². The number of rotatable bonds is 5. The van der Waals surface area contributed by atoms with E-state index in [2.05, 4.69) is 22.5 Å². The molecule has 1 unspecified atom stereocenters. The molecule has 22 heavy (non-hydrogen) atoms. The van der Waals surface area contributed by atoms with E-state index >= 15 is 0 Å². The molecule has 1 N–H and O–H groups in total. The highest BCUT2D eigenvalue weighted by Crippen LogP contribution is 2.22. The Balaban J connectivity index is 1.56. The van der Waals surface area contributed by atoms with Gasteiger partial charge in [-0.2, -0.15) is 5.10 Å². The van der Waals surface area contributed by atoms with Crippen molar-refractivity contribution in [2.45, 2.75) is 38.8 Å². The summed E-state index contributed by atoms with van der Waals surface area (Å²) in [5.41, 5.74) is 1.82. The first kappa shape index (κ1) is 14.6. The first-order chi connectivity index (χ1) is 10.7. The number of fused-ring (bicyclic) bond motifs is 1. The Morgan fingerprint density at radius 1 is 1.41 bits per heavy atom. The van der Waals surface area contributed by atoms with Crippen molar-refractivity contribution < 1.29 is 9.53 Å². The maximum Gasteiger partial charge on any atom is 0.258 e. The van der Waals surface area contributed by atoms with Gasteiger partial charge in [0.25, 0.3) is 5.91 Å². The summed E-state index contributed by atoms with van der Waals surface area (Å²) in [7, 11) is 0. The monoisotopic (exact) mass is 299 g/mol. The van der Waals surface area contributed by atoms with Gasteiger partial charge >= 0.3 is 0 Å². The Morgan fingerprint density at radius 3 is 3.05 bits per heavy atom. The van der Waals surface area contributed by atoms with Crippen LogP contribution < -0.4 is 10.1 Å². The lowest BCUT2D eigenvalue weighted by atomic mass is 10.1. The van der Waals surface area contributed by atoms with E-state index in [0.29, 0.717) is 18.1 Å². The normalized spacial score (nSPS) is 14.8. The fourth-order valence-corrected chi connectivity index (χ4v) is 2.63. The number of aryl methyl sites for hydroxylation is 2. The van der Waals surface area contributed by atoms with Gasteiger partial charge in [-0.25, -0.2) is 4.68 Å². The molecule has 1 amide bonds. The average Bonchev–Trinajstić information content (AvgIpc) is 2.98. The molecule has 0 radical (unpaired) electrons. The Bertz CT molecular complexity index is 637. The second-order valence-electron chi connectivity index (χ2n) is 5.69. The number of nitrogens with zero attached hydrogens (tertiary/aromatic N) is 2. The number of nitrogens with one attached hydrogen (secondary N) is 1. The lowest BCUT2D eigenvalue weighted by molar-refractivity contribution is 0.0932. The fraction of sp³-hybridized carbons (Fsp3) is 0.412. The molecule has 116 valence electrons. The van der Waals surface area contributed by atoms with Crippen LogP contribution in [0.4, 0.5) is 0 Å². The molecular weight excluding hydrogens is 278 g/mol. The summed E-state index contributed by atoms with van der Waals surface area (Å²) < 4.78 is 7.32. The van der Waals surface area contributed by atoms with Crippen molar-refractivity contribution in [3.05, 3.63) is 47.7 Å². The van der Waals surface area contributed by atoms with Gasteiger partial charge in [0.15, 0.2) is 0 Å². The summed E-state index contributed by atoms with van der Waals surface area (Å²) >= 11 is 0. The van der Waals surface area contributed by atoms with Gasteiger partial charge < -0.3 is 10.1 Å². The van der Waals surface area contributed by atoms with E-state index in [1.165, 1.54) is 5.56 Å². The highest BCUT2D eigenvalue weighted by atomic mass is 16.5. The van der Waals surface area contributed by atoms with Crippen molar-refractivity contribution in [1.82, 2.24) is 15.1 Å². The van der Waals surface area contributed by atoms with Crippen LogP contribution in [0.5, 0.6) is 5.88 Å². The molecule has 0 spiro atoms. The zero-order chi connectivity index (χ0) is 15.4. The van der Waals surface area contributed by atoms with Crippen LogP contribution in [0.15, 0.2) is 36.5 Å². The van der Waals surface area contributed by atoms with E-state index in [1.807, 2.05) is 25.1 Å². The third-order valence-corrected chi connectivity index (χ3v) is 3.88. The number of benzene rings is 1. The minimum Gasteiger partial charge on any atom is -0.477 e. The van der Waals surface area contributed by atoms with Crippen molar-refractivity contribution >= 4 is 5.91 Å². The zero-order valence-corrected chi connectivity index (χ0v) is 12.8. The first-order valence-electron chi connectivity index (χ1n) is 7.77. The Labute approximate surface area is 130 Å². The molecule has 0 saturated heterocycles. The molecule has 0 fully saturated rings. The van der Waals surface area contributed by atoms with E-state index < -0.39 is 0 Å². The molecule has 1 atom stereocenters. The molecule has 3 rings (SSSR count). The summed E-state index contributed by atoms with van der Waals surface area (Å²) in [5, 5.41) is 7.24. The minimum absolute atomic E-state index is 0.104. The summed E-state index contributed by atoms with van der Waals surface area (Å²) in [6.07, 6.45) is 4.38. The Morgan fingerprint density at radius 2 is 2.23 bits per heavy atom. The largest absolute Gasteiger partial charge is 0.477 e.